The van der Waals surface area contributed by atoms with Gasteiger partial charge in [0, 0.05) is 39.4 Å². The number of amides is 1. The molecule has 0 saturated heterocycles. The summed E-state index contributed by atoms with van der Waals surface area (Å²) in [6, 6.07) is 11.7. The molecule has 0 spiro atoms. The smallest absolute Gasteiger partial charge is 0.248 e. The van der Waals surface area contributed by atoms with Crippen molar-refractivity contribution in [2.45, 2.75) is 80.7 Å². The first kappa shape index (κ1) is 35.0. The fourth-order valence-electron chi connectivity index (χ4n) is 8.92. The average Bonchev–Trinajstić information content (AvgIpc) is 3.83. The number of nitrogens with zero attached hydrogens (tertiary/aromatic N) is 1. The number of rotatable bonds is 6. The van der Waals surface area contributed by atoms with E-state index in [4.69, 9.17) is 5.73 Å². The van der Waals surface area contributed by atoms with Crippen LogP contribution in [0.5, 0.6) is 5.75 Å². The van der Waals surface area contributed by atoms with Gasteiger partial charge in [0.15, 0.2) is 5.78 Å². The Morgan fingerprint density at radius 2 is 1.67 bits per heavy atom. The summed E-state index contributed by atoms with van der Waals surface area (Å²) in [6.45, 7) is 21.0. The molecule has 6 rings (SSSR count). The maximum atomic E-state index is 14.5. The molecule has 0 aromatic heterocycles. The van der Waals surface area contributed by atoms with Crippen LogP contribution in [0.15, 0.2) is 83.1 Å². The van der Waals surface area contributed by atoms with Gasteiger partial charge in [-0.3, -0.25) is 9.59 Å². The molecule has 0 heterocycles. The van der Waals surface area contributed by atoms with Crippen LogP contribution in [0.25, 0.3) is 11.1 Å². The summed E-state index contributed by atoms with van der Waals surface area (Å²) < 4.78 is 0. The van der Waals surface area contributed by atoms with E-state index in [1.165, 1.54) is 12.8 Å². The number of hydrogen-bond acceptors (Lipinski definition) is 5. The van der Waals surface area contributed by atoms with Gasteiger partial charge in [0.25, 0.3) is 0 Å². The van der Waals surface area contributed by atoms with Crippen molar-refractivity contribution in [1.29, 1.82) is 0 Å². The van der Waals surface area contributed by atoms with Crippen LogP contribution in [0, 0.1) is 22.7 Å². The summed E-state index contributed by atoms with van der Waals surface area (Å²) in [7, 11) is 4.08. The number of carbonyl (C=O) groups excluding carboxylic acids is 2. The summed E-state index contributed by atoms with van der Waals surface area (Å²) in [4.78, 5) is 29.4. The molecule has 1 amide bonds. The number of anilines is 1. The number of benzene rings is 2. The third-order valence-corrected chi connectivity index (χ3v) is 11.2. The highest BCUT2D eigenvalue weighted by atomic mass is 16.3. The normalized spacial score (nSPS) is 26.7. The predicted octanol–water partition coefficient (Wildman–Crippen LogP) is 8.45. The van der Waals surface area contributed by atoms with Gasteiger partial charge in [0.1, 0.15) is 5.75 Å². The van der Waals surface area contributed by atoms with Crippen molar-refractivity contribution in [3.63, 3.8) is 0 Å². The minimum absolute atomic E-state index is 0. The maximum absolute atomic E-state index is 14.5. The van der Waals surface area contributed by atoms with Crippen molar-refractivity contribution in [3.8, 4) is 16.9 Å². The van der Waals surface area contributed by atoms with E-state index in [0.717, 1.165) is 51.2 Å². The fraction of sp³-hybridized carbons (Fsp3) is 0.450. The molecule has 4 aliphatic carbocycles. The zero-order valence-electron chi connectivity index (χ0n) is 28.2. The Labute approximate surface area is 276 Å². The number of hydrogen-bond donors (Lipinski definition) is 3. The van der Waals surface area contributed by atoms with Crippen molar-refractivity contribution in [2.75, 3.05) is 19.4 Å². The Hall–Kier alpha value is -3.90. The van der Waals surface area contributed by atoms with Gasteiger partial charge in [0.2, 0.25) is 5.91 Å². The number of ketones is 1. The lowest BCUT2D eigenvalue weighted by Crippen LogP contribution is -2.61. The molecule has 4 aliphatic rings. The van der Waals surface area contributed by atoms with Crippen molar-refractivity contribution in [1.82, 2.24) is 4.90 Å². The van der Waals surface area contributed by atoms with E-state index >= 15 is 0 Å². The molecule has 6 heteroatoms. The average molecular weight is 624 g/mol. The van der Waals surface area contributed by atoms with Crippen LogP contribution >= 0.6 is 0 Å². The number of allylic oxidation sites excluding steroid dienone is 3. The second kappa shape index (κ2) is 12.4. The van der Waals surface area contributed by atoms with E-state index in [1.54, 1.807) is 6.07 Å². The van der Waals surface area contributed by atoms with Crippen LogP contribution in [-0.2, 0) is 11.2 Å². The van der Waals surface area contributed by atoms with Gasteiger partial charge in [-0.2, -0.15) is 0 Å². The monoisotopic (exact) mass is 623 g/mol. The van der Waals surface area contributed by atoms with Crippen LogP contribution in [0.1, 0.15) is 84.2 Å². The summed E-state index contributed by atoms with van der Waals surface area (Å²) in [5.41, 5.74) is 13.9. The molecule has 0 bridgehead atoms. The number of nitrogens with one attached hydrogen (secondary N) is 1. The van der Waals surface area contributed by atoms with Gasteiger partial charge in [-0.25, -0.2) is 0 Å². The molecule has 1 fully saturated rings. The molecule has 246 valence electrons. The summed E-state index contributed by atoms with van der Waals surface area (Å²) in [5, 5.41) is 14.5. The lowest BCUT2D eigenvalue weighted by atomic mass is 9.43. The topological polar surface area (TPSA) is 95.7 Å². The first-order valence-corrected chi connectivity index (χ1v) is 16.3. The molecule has 1 saturated carbocycles. The van der Waals surface area contributed by atoms with Crippen LogP contribution in [0.3, 0.4) is 0 Å². The number of nitrogens with two attached hydrogens (primary N) is 1. The van der Waals surface area contributed by atoms with E-state index < -0.39 is 11.3 Å². The fourth-order valence-corrected chi connectivity index (χ4v) is 8.92. The number of Topliss-reactive ketones (excluding diaryl/α,β-unsaturated/α-hetero) is 1. The van der Waals surface area contributed by atoms with Gasteiger partial charge in [-0.15, -0.1) is 0 Å². The molecule has 6 nitrogen and oxygen atoms in total. The highest BCUT2D eigenvalue weighted by molar-refractivity contribution is 6.14. The molecule has 2 unspecified atom stereocenters. The molecule has 2 aromatic rings. The first-order chi connectivity index (χ1) is 21.2. The van der Waals surface area contributed by atoms with Crippen LogP contribution in [0.4, 0.5) is 5.69 Å². The third-order valence-electron chi connectivity index (χ3n) is 11.2. The number of fused-ring (bicyclic) bond motifs is 3. The number of carbonyl (C=O) groups is 2. The van der Waals surface area contributed by atoms with Gasteiger partial charge in [0.05, 0.1) is 5.56 Å². The quantitative estimate of drug-likeness (QED) is 0.300. The molecule has 46 heavy (non-hydrogen) atoms. The Bertz CT molecular complexity index is 1670. The Kier molecular flexibility index (Phi) is 9.40. The number of likely N-dealkylation sites (N-methyl/N-ethyl adjacent to an activating group) is 1. The molecule has 4 N–H and O–H groups in total. The Morgan fingerprint density at radius 1 is 1.07 bits per heavy atom. The number of aromatic hydroxyl groups is 1. The van der Waals surface area contributed by atoms with Crippen molar-refractivity contribution < 1.29 is 14.7 Å². The van der Waals surface area contributed by atoms with Gasteiger partial charge in [-0.05, 0) is 111 Å². The van der Waals surface area contributed by atoms with Crippen LogP contribution in [-0.4, -0.2) is 41.8 Å². The number of phenols is 1. The first-order valence-electron chi connectivity index (χ1n) is 16.3. The molecule has 4 atom stereocenters. The van der Waals surface area contributed by atoms with E-state index in [1.807, 2.05) is 47.9 Å². The second-order valence-corrected chi connectivity index (χ2v) is 13.8. The van der Waals surface area contributed by atoms with Crippen molar-refractivity contribution >= 4 is 17.4 Å². The maximum Gasteiger partial charge on any atom is 0.248 e. The predicted molar refractivity (Wildman–Crippen MR) is 191 cm³/mol. The lowest BCUT2D eigenvalue weighted by Gasteiger charge is -2.62. The van der Waals surface area contributed by atoms with Gasteiger partial charge >= 0.3 is 0 Å². The van der Waals surface area contributed by atoms with Crippen LogP contribution in [0.2, 0.25) is 0 Å². The van der Waals surface area contributed by atoms with E-state index in [9.17, 15) is 14.7 Å². The van der Waals surface area contributed by atoms with Crippen molar-refractivity contribution in [2.24, 2.45) is 28.4 Å². The minimum Gasteiger partial charge on any atom is -0.507 e. The SMILES string of the molecule is C.C=C(Nc1ccc(-c2ccc(O)c3c2CC2C[C@@]4(C)C(N(C)C)C(C)=C(C(N)=O)C(=C)[C@@]4(C)C(C)=C2C3=O)cc1)C1CC1.CC. The van der Waals surface area contributed by atoms with E-state index in [0.29, 0.717) is 29.0 Å². The molecular formula is C40H53N3O3. The minimum atomic E-state index is -0.675. The third kappa shape index (κ3) is 5.06. The largest absolute Gasteiger partial charge is 0.507 e. The highest BCUT2D eigenvalue weighted by Gasteiger charge is 2.62. The van der Waals surface area contributed by atoms with Crippen LogP contribution < -0.4 is 11.1 Å². The lowest BCUT2D eigenvalue weighted by molar-refractivity contribution is -0.115. The van der Waals surface area contributed by atoms with Gasteiger partial charge < -0.3 is 21.1 Å². The second-order valence-electron chi connectivity index (χ2n) is 13.8. The van der Waals surface area contributed by atoms with Gasteiger partial charge in [-0.1, -0.05) is 72.1 Å². The molecule has 2 aromatic carbocycles. The Balaban J connectivity index is 0.00000157. The summed E-state index contributed by atoms with van der Waals surface area (Å²) in [6.07, 6.45) is 3.75. The number of primary amides is 1. The molecule has 0 aliphatic heterocycles. The highest BCUT2D eigenvalue weighted by Crippen LogP contribution is 2.66. The number of phenolic OH excluding ortho intramolecular Hbond substituents is 1. The zero-order valence-corrected chi connectivity index (χ0v) is 28.2. The standard InChI is InChI=1S/C37H43N3O3.C2H6.CH4/c1-19-30(35(38)43)20(2)37(6)21(3)31-25(18-36(37,5)34(19)40(7)8)17-28-27(15-16-29(41)32(28)33(31)42)24-11-13-26(14-12-24)39-22(4)23-9-10-23;1-2;/h11-16,23,25,34,39,41H,2,4,9-10,17-18H2,1,3,5-8H3,(H2,38,43);1-2H3;1H4/t25?,34?,36-,37-;;/m0../s1. The molecular weight excluding hydrogens is 570 g/mol. The van der Waals surface area contributed by atoms with E-state index in [-0.39, 0.29) is 36.3 Å². The zero-order chi connectivity index (χ0) is 33.2. The Morgan fingerprint density at radius 3 is 2.22 bits per heavy atom. The van der Waals surface area contributed by atoms with E-state index in [2.05, 4.69) is 61.5 Å². The summed E-state index contributed by atoms with van der Waals surface area (Å²) in [5.74, 6) is -0.0960. The summed E-state index contributed by atoms with van der Waals surface area (Å²) >= 11 is 0. The van der Waals surface area contributed by atoms with Crippen molar-refractivity contribution in [3.05, 3.63) is 94.2 Å². The molecule has 0 radical (unpaired) electrons.